The molecule has 0 aliphatic rings. The summed E-state index contributed by atoms with van der Waals surface area (Å²) < 4.78 is 15.8. The first kappa shape index (κ1) is 15.9. The van der Waals surface area contributed by atoms with Crippen LogP contribution in [0.25, 0.3) is 5.69 Å². The average Bonchev–Trinajstić information content (AvgIpc) is 3.23. The van der Waals surface area contributed by atoms with Gasteiger partial charge in [-0.1, -0.05) is 0 Å². The quantitative estimate of drug-likeness (QED) is 0.746. The number of rotatable bonds is 5. The van der Waals surface area contributed by atoms with E-state index in [0.717, 1.165) is 17.4 Å². The van der Waals surface area contributed by atoms with Crippen LogP contribution in [-0.4, -0.2) is 21.6 Å². The Balaban J connectivity index is 1.72. The SMILES string of the molecule is O=C(NCc1ccsc1C(=O)O)c1ccc(-n2cccc2)c(F)c1. The first-order valence-electron chi connectivity index (χ1n) is 7.07. The van der Waals surface area contributed by atoms with Gasteiger partial charge in [0.15, 0.2) is 0 Å². The number of halogens is 1. The molecule has 0 unspecified atom stereocenters. The van der Waals surface area contributed by atoms with Gasteiger partial charge in [0.2, 0.25) is 0 Å². The van der Waals surface area contributed by atoms with Crippen molar-refractivity contribution in [2.45, 2.75) is 6.54 Å². The second-order valence-electron chi connectivity index (χ2n) is 5.02. The molecule has 0 bridgehead atoms. The predicted octanol–water partition coefficient (Wildman–Crippen LogP) is 3.31. The molecule has 0 radical (unpaired) electrons. The van der Waals surface area contributed by atoms with Gasteiger partial charge in [0.25, 0.3) is 5.91 Å². The smallest absolute Gasteiger partial charge is 0.346 e. The molecule has 3 aromatic rings. The molecule has 3 rings (SSSR count). The monoisotopic (exact) mass is 344 g/mol. The van der Waals surface area contributed by atoms with Crippen LogP contribution in [0, 0.1) is 5.82 Å². The number of nitrogens with zero attached hydrogens (tertiary/aromatic N) is 1. The number of carboxylic acids is 1. The molecule has 0 saturated heterocycles. The van der Waals surface area contributed by atoms with E-state index in [0.29, 0.717) is 11.3 Å². The van der Waals surface area contributed by atoms with E-state index in [-0.39, 0.29) is 17.0 Å². The molecule has 7 heteroatoms. The summed E-state index contributed by atoms with van der Waals surface area (Å²) in [5.41, 5.74) is 1.04. The molecule has 24 heavy (non-hydrogen) atoms. The lowest BCUT2D eigenvalue weighted by molar-refractivity contribution is 0.0700. The minimum absolute atomic E-state index is 0.0743. The van der Waals surface area contributed by atoms with Gasteiger partial charge in [-0.15, -0.1) is 11.3 Å². The van der Waals surface area contributed by atoms with Crippen LogP contribution in [0.4, 0.5) is 4.39 Å². The molecule has 0 fully saturated rings. The van der Waals surface area contributed by atoms with Crippen molar-refractivity contribution >= 4 is 23.2 Å². The average molecular weight is 344 g/mol. The molecule has 0 saturated carbocycles. The molecule has 2 heterocycles. The number of hydrogen-bond acceptors (Lipinski definition) is 3. The number of hydrogen-bond donors (Lipinski definition) is 2. The van der Waals surface area contributed by atoms with Gasteiger partial charge in [0.05, 0.1) is 5.69 Å². The normalized spacial score (nSPS) is 10.5. The number of amides is 1. The highest BCUT2D eigenvalue weighted by Crippen LogP contribution is 2.18. The lowest BCUT2D eigenvalue weighted by atomic mass is 10.1. The van der Waals surface area contributed by atoms with Crippen LogP contribution in [0.15, 0.2) is 54.2 Å². The highest BCUT2D eigenvalue weighted by Gasteiger charge is 2.14. The van der Waals surface area contributed by atoms with Crippen molar-refractivity contribution in [1.29, 1.82) is 0 Å². The maximum atomic E-state index is 14.2. The van der Waals surface area contributed by atoms with E-state index in [1.807, 2.05) is 0 Å². The van der Waals surface area contributed by atoms with Crippen LogP contribution in [0.5, 0.6) is 0 Å². The zero-order valence-electron chi connectivity index (χ0n) is 12.4. The summed E-state index contributed by atoms with van der Waals surface area (Å²) >= 11 is 1.09. The van der Waals surface area contributed by atoms with Gasteiger partial charge in [-0.3, -0.25) is 4.79 Å². The second kappa shape index (κ2) is 6.67. The van der Waals surface area contributed by atoms with Crippen LogP contribution in [0.3, 0.4) is 0 Å². The minimum Gasteiger partial charge on any atom is -0.477 e. The fraction of sp³-hybridized carbons (Fsp3) is 0.0588. The number of aromatic nitrogens is 1. The van der Waals surface area contributed by atoms with Gasteiger partial charge in [-0.25, -0.2) is 9.18 Å². The lowest BCUT2D eigenvalue weighted by Gasteiger charge is -2.08. The Morgan fingerprint density at radius 1 is 1.21 bits per heavy atom. The van der Waals surface area contributed by atoms with Crippen molar-refractivity contribution in [2.75, 3.05) is 0 Å². The second-order valence-corrected chi connectivity index (χ2v) is 5.94. The third-order valence-electron chi connectivity index (χ3n) is 3.47. The number of carboxylic acid groups (broad SMARTS) is 1. The zero-order chi connectivity index (χ0) is 17.1. The van der Waals surface area contributed by atoms with E-state index in [9.17, 15) is 14.0 Å². The molecule has 1 amide bonds. The highest BCUT2D eigenvalue weighted by atomic mass is 32.1. The molecule has 122 valence electrons. The van der Waals surface area contributed by atoms with Gasteiger partial charge in [-0.2, -0.15) is 0 Å². The van der Waals surface area contributed by atoms with Crippen LogP contribution >= 0.6 is 11.3 Å². The number of carbonyl (C=O) groups is 2. The standard InChI is InChI=1S/C17H13FN2O3S/c18-13-9-11(3-4-14(13)20-6-1-2-7-20)16(21)19-10-12-5-8-24-15(12)17(22)23/h1-9H,10H2,(H,19,21)(H,22,23). The molecule has 0 atom stereocenters. The van der Waals surface area contributed by atoms with Crippen LogP contribution in [0.1, 0.15) is 25.6 Å². The van der Waals surface area contributed by atoms with Gasteiger partial charge < -0.3 is 15.0 Å². The summed E-state index contributed by atoms with van der Waals surface area (Å²) in [6, 6.07) is 9.42. The summed E-state index contributed by atoms with van der Waals surface area (Å²) in [5, 5.41) is 13.3. The number of thiophene rings is 1. The third kappa shape index (κ3) is 3.21. The summed E-state index contributed by atoms with van der Waals surface area (Å²) in [7, 11) is 0. The molecule has 2 N–H and O–H groups in total. The summed E-state index contributed by atoms with van der Waals surface area (Å²) in [6.07, 6.45) is 3.42. The predicted molar refractivity (Wildman–Crippen MR) is 88.2 cm³/mol. The van der Waals surface area contributed by atoms with E-state index >= 15 is 0 Å². The molecule has 0 aliphatic heterocycles. The first-order valence-corrected chi connectivity index (χ1v) is 7.95. The Morgan fingerprint density at radius 3 is 2.62 bits per heavy atom. The summed E-state index contributed by atoms with van der Waals surface area (Å²) in [4.78, 5) is 23.4. The Morgan fingerprint density at radius 2 is 1.96 bits per heavy atom. The van der Waals surface area contributed by atoms with Gasteiger partial charge in [0.1, 0.15) is 10.7 Å². The van der Waals surface area contributed by atoms with E-state index in [1.54, 1.807) is 40.5 Å². The fourth-order valence-corrected chi connectivity index (χ4v) is 3.05. The van der Waals surface area contributed by atoms with Crippen molar-refractivity contribution < 1.29 is 19.1 Å². The number of aromatic carboxylic acids is 1. The summed E-state index contributed by atoms with van der Waals surface area (Å²) in [6.45, 7) is 0.0743. The van der Waals surface area contributed by atoms with Crippen molar-refractivity contribution in [1.82, 2.24) is 9.88 Å². The maximum absolute atomic E-state index is 14.2. The number of benzene rings is 1. The molecule has 0 aliphatic carbocycles. The van der Waals surface area contributed by atoms with Gasteiger partial charge >= 0.3 is 5.97 Å². The third-order valence-corrected chi connectivity index (χ3v) is 4.42. The van der Waals surface area contributed by atoms with Crippen molar-refractivity contribution in [2.24, 2.45) is 0 Å². The Labute approximate surface area is 141 Å². The van der Waals surface area contributed by atoms with Gasteiger partial charge in [-0.05, 0) is 47.3 Å². The number of carbonyl (C=O) groups excluding carboxylic acids is 1. The minimum atomic E-state index is -1.03. The zero-order valence-corrected chi connectivity index (χ0v) is 13.2. The topological polar surface area (TPSA) is 71.3 Å². The Bertz CT molecular complexity index is 887. The van der Waals surface area contributed by atoms with Crippen LogP contribution < -0.4 is 5.32 Å². The van der Waals surface area contributed by atoms with Crippen molar-refractivity contribution in [3.63, 3.8) is 0 Å². The highest BCUT2D eigenvalue weighted by molar-refractivity contribution is 7.12. The van der Waals surface area contributed by atoms with E-state index in [2.05, 4.69) is 5.32 Å². The van der Waals surface area contributed by atoms with Crippen molar-refractivity contribution in [3.05, 3.63) is 76.0 Å². The Kier molecular flexibility index (Phi) is 4.43. The number of nitrogens with one attached hydrogen (secondary N) is 1. The van der Waals surface area contributed by atoms with Crippen LogP contribution in [0.2, 0.25) is 0 Å². The maximum Gasteiger partial charge on any atom is 0.346 e. The largest absolute Gasteiger partial charge is 0.477 e. The van der Waals surface area contributed by atoms with E-state index < -0.39 is 17.7 Å². The Hall–Kier alpha value is -2.93. The fourth-order valence-electron chi connectivity index (χ4n) is 2.29. The van der Waals surface area contributed by atoms with Crippen molar-refractivity contribution in [3.8, 4) is 5.69 Å². The lowest BCUT2D eigenvalue weighted by Crippen LogP contribution is -2.23. The molecule has 0 spiro atoms. The van der Waals surface area contributed by atoms with E-state index in [4.69, 9.17) is 5.11 Å². The first-order chi connectivity index (χ1) is 11.6. The van der Waals surface area contributed by atoms with Crippen LogP contribution in [-0.2, 0) is 6.54 Å². The molecule has 1 aromatic carbocycles. The van der Waals surface area contributed by atoms with E-state index in [1.165, 1.54) is 12.1 Å². The molecule has 2 aromatic heterocycles. The molecular formula is C17H13FN2O3S. The summed E-state index contributed by atoms with van der Waals surface area (Å²) in [5.74, 6) is -2.01. The molecule has 5 nitrogen and oxygen atoms in total. The molecular weight excluding hydrogens is 331 g/mol. The van der Waals surface area contributed by atoms with Gasteiger partial charge in [0, 0.05) is 24.5 Å².